The lowest BCUT2D eigenvalue weighted by molar-refractivity contribution is -0.385. The van der Waals surface area contributed by atoms with Crippen molar-refractivity contribution in [3.63, 3.8) is 0 Å². The van der Waals surface area contributed by atoms with Crippen LogP contribution < -0.4 is 9.47 Å². The highest BCUT2D eigenvalue weighted by Gasteiger charge is 2.42. The topological polar surface area (TPSA) is 325 Å². The monoisotopic (exact) mass is 1180 g/mol. The van der Waals surface area contributed by atoms with Gasteiger partial charge in [0.05, 0.1) is 47.4 Å². The summed E-state index contributed by atoms with van der Waals surface area (Å²) in [7, 11) is -6.74. The van der Waals surface area contributed by atoms with E-state index < -0.39 is 115 Å². The number of hydrogen-bond acceptors (Lipinski definition) is 20. The minimum absolute atomic E-state index is 0.0489. The Kier molecular flexibility index (Phi) is 24.1. The summed E-state index contributed by atoms with van der Waals surface area (Å²) in [5, 5.41) is 22.0. The van der Waals surface area contributed by atoms with E-state index in [0.29, 0.717) is 11.1 Å². The van der Waals surface area contributed by atoms with E-state index in [1.165, 1.54) is 101 Å². The number of carbonyl (C=O) groups excluding carboxylic acids is 6. The second kappa shape index (κ2) is 29.5. The van der Waals surface area contributed by atoms with E-state index in [1.54, 1.807) is 41.5 Å². The molecule has 0 saturated carbocycles. The van der Waals surface area contributed by atoms with Gasteiger partial charge in [-0.2, -0.15) is 34.1 Å². The van der Waals surface area contributed by atoms with Crippen LogP contribution >= 0.6 is 0 Å². The van der Waals surface area contributed by atoms with Crippen LogP contribution in [0, 0.1) is 20.2 Å². The molecule has 0 saturated heterocycles. The molecule has 82 heavy (non-hydrogen) atoms. The van der Waals surface area contributed by atoms with Gasteiger partial charge in [-0.15, -0.1) is 0 Å². The van der Waals surface area contributed by atoms with Crippen LogP contribution in [0.15, 0.2) is 97.1 Å². The second-order valence-corrected chi connectivity index (χ2v) is 24.5. The Hall–Kier alpha value is -7.44. The molecule has 0 bridgehead atoms. The summed E-state index contributed by atoms with van der Waals surface area (Å²) in [6, 6.07) is 17.9. The molecule has 0 amide bonds. The molecule has 28 heteroatoms. The number of ether oxygens (including phenoxy) is 6. The highest BCUT2D eigenvalue weighted by atomic mass is 32.2. The van der Waals surface area contributed by atoms with Crippen molar-refractivity contribution < 1.29 is 83.9 Å². The minimum atomic E-state index is -4.62. The van der Waals surface area contributed by atoms with E-state index in [-0.39, 0.29) is 73.5 Å². The number of Topliss-reactive ketones (excluding diaryl/α,β-unsaturated/α-hetero) is 2. The number of nitro benzene ring substituents is 2. The van der Waals surface area contributed by atoms with E-state index in [2.05, 4.69) is 0 Å². The fourth-order valence-electron chi connectivity index (χ4n) is 7.52. The van der Waals surface area contributed by atoms with E-state index in [1.807, 2.05) is 0 Å². The molecular formula is C54H68N6O20S2. The summed E-state index contributed by atoms with van der Waals surface area (Å²) in [5.74, 6) is -4.46. The number of esters is 4. The van der Waals surface area contributed by atoms with Crippen LogP contribution in [-0.2, 0) is 71.6 Å². The average molecular weight is 1190 g/mol. The Morgan fingerprint density at radius 2 is 0.805 bits per heavy atom. The largest absolute Gasteiger partial charge is 0.459 e. The first-order valence-electron chi connectivity index (χ1n) is 25.4. The molecule has 4 aromatic carbocycles. The van der Waals surface area contributed by atoms with E-state index in [0.717, 1.165) is 41.5 Å². The van der Waals surface area contributed by atoms with Gasteiger partial charge in [-0.05, 0) is 115 Å². The van der Waals surface area contributed by atoms with Crippen molar-refractivity contribution in [3.8, 4) is 11.5 Å². The van der Waals surface area contributed by atoms with Gasteiger partial charge in [0.1, 0.15) is 46.4 Å². The molecule has 2 atom stereocenters. The van der Waals surface area contributed by atoms with Crippen LogP contribution in [-0.4, -0.2) is 156 Å². The van der Waals surface area contributed by atoms with Crippen molar-refractivity contribution in [3.05, 3.63) is 140 Å². The van der Waals surface area contributed by atoms with Crippen molar-refractivity contribution in [1.82, 2.24) is 17.2 Å². The smallest absolute Gasteiger partial charge is 0.343 e. The molecule has 0 N–H and O–H groups in total. The zero-order chi connectivity index (χ0) is 61.3. The average Bonchev–Trinajstić information content (AvgIpc) is 3.57. The number of nitro groups is 2. The molecule has 0 aliphatic heterocycles. The van der Waals surface area contributed by atoms with E-state index in [4.69, 9.17) is 28.4 Å². The van der Waals surface area contributed by atoms with E-state index >= 15 is 0 Å². The van der Waals surface area contributed by atoms with Gasteiger partial charge in [0.25, 0.3) is 31.8 Å². The number of ketones is 2. The molecule has 0 aliphatic carbocycles. The fraction of sp³-hybridized carbons (Fsp3) is 0.444. The lowest BCUT2D eigenvalue weighted by Gasteiger charge is -2.34. The number of carbonyl (C=O) groups is 6. The highest BCUT2D eigenvalue weighted by Crippen LogP contribution is 2.25. The number of rotatable bonds is 31. The second-order valence-electron chi connectivity index (χ2n) is 20.6. The Morgan fingerprint density at radius 1 is 0.500 bits per heavy atom. The Bertz CT molecular complexity index is 2920. The van der Waals surface area contributed by atoms with Crippen molar-refractivity contribution >= 4 is 67.2 Å². The van der Waals surface area contributed by atoms with Crippen LogP contribution in [0.2, 0.25) is 0 Å². The molecule has 4 aromatic rings. The summed E-state index contributed by atoms with van der Waals surface area (Å²) in [5.41, 5.74) is -1.66. The highest BCUT2D eigenvalue weighted by molar-refractivity contribution is 7.87. The maximum absolute atomic E-state index is 14.4. The molecule has 0 spiro atoms. The molecule has 4 rings (SSSR count). The molecule has 26 nitrogen and oxygen atoms in total. The maximum atomic E-state index is 14.4. The van der Waals surface area contributed by atoms with Gasteiger partial charge in [0.15, 0.2) is 0 Å². The molecule has 0 radical (unpaired) electrons. The standard InChI is InChI=1S/C54H68N6O20S2/c1-37(61)33-47(51(65)79-53(3,4)5)57(81(71,72)55(9)35-39-11-23-45(24-12-39)77-49(63)41-15-19-43(20-16-41)59(67)68)27-29-75-31-32-76-30-28-58(48(34-38(2)62)52(66)80-54(6,7)8)82(73,74)56(10)36-40-13-25-46(26-14-40)78-50(64)42-17-21-44(22-18-42)60(69)70/h11-26,47-48H,27-36H2,1-10H3/t47-,48-/m0/s1. The van der Waals surface area contributed by atoms with E-state index in [9.17, 15) is 65.8 Å². The number of hydrogen-bond donors (Lipinski definition) is 0. The predicted octanol–water partition coefficient (Wildman–Crippen LogP) is 6.01. The predicted molar refractivity (Wildman–Crippen MR) is 295 cm³/mol. The molecule has 0 aromatic heterocycles. The lowest BCUT2D eigenvalue weighted by atomic mass is 10.1. The van der Waals surface area contributed by atoms with Gasteiger partial charge >= 0.3 is 23.9 Å². The molecule has 446 valence electrons. The summed E-state index contributed by atoms with van der Waals surface area (Å²) in [6.45, 7) is 9.21. The van der Waals surface area contributed by atoms with Gasteiger partial charge < -0.3 is 28.4 Å². The molecule has 0 heterocycles. The zero-order valence-corrected chi connectivity index (χ0v) is 48.8. The van der Waals surface area contributed by atoms with Crippen molar-refractivity contribution in [2.45, 2.75) is 105 Å². The van der Waals surface area contributed by atoms with Gasteiger partial charge in [-0.1, -0.05) is 24.3 Å². The number of benzene rings is 4. The summed E-state index contributed by atoms with van der Waals surface area (Å²) >= 11 is 0. The SMILES string of the molecule is CC(=O)C[C@@H](C(=O)OC(C)(C)C)N(CCOCCOCCN([C@@H](CC(C)=O)C(=O)OC(C)(C)C)S(=O)(=O)N(C)Cc1ccc(OC(=O)c2ccc([N+](=O)[O-])cc2)cc1)S(=O)(=O)N(C)Cc1ccc(OC(=O)c2ccc([N+](=O)[O-])cc2)cc1. The summed E-state index contributed by atoms with van der Waals surface area (Å²) < 4.78 is 94.5. The van der Waals surface area contributed by atoms with Crippen LogP contribution in [0.25, 0.3) is 0 Å². The minimum Gasteiger partial charge on any atom is -0.459 e. The summed E-state index contributed by atoms with van der Waals surface area (Å²) in [6.07, 6.45) is -1.11. The third-order valence-electron chi connectivity index (χ3n) is 11.4. The number of non-ortho nitro benzene ring substituents is 2. The molecule has 0 fully saturated rings. The summed E-state index contributed by atoms with van der Waals surface area (Å²) in [4.78, 5) is 98.7. The first kappa shape index (κ1) is 67.1. The van der Waals surface area contributed by atoms with Gasteiger partial charge in [0, 0.05) is 77.4 Å². The lowest BCUT2D eigenvalue weighted by Crippen LogP contribution is -2.53. The van der Waals surface area contributed by atoms with Crippen molar-refractivity contribution in [1.29, 1.82) is 0 Å². The van der Waals surface area contributed by atoms with Crippen LogP contribution in [0.5, 0.6) is 11.5 Å². The first-order chi connectivity index (χ1) is 38.2. The van der Waals surface area contributed by atoms with Crippen molar-refractivity contribution in [2.75, 3.05) is 53.6 Å². The Morgan fingerprint density at radius 3 is 1.07 bits per heavy atom. The molecular weight excluding hydrogens is 1120 g/mol. The molecule has 0 unspecified atom stereocenters. The normalized spacial score (nSPS) is 12.9. The Balaban J connectivity index is 1.46. The fourth-order valence-corrected chi connectivity index (χ4v) is 10.4. The maximum Gasteiger partial charge on any atom is 0.343 e. The van der Waals surface area contributed by atoms with Crippen molar-refractivity contribution in [2.24, 2.45) is 0 Å². The van der Waals surface area contributed by atoms with Crippen LogP contribution in [0.1, 0.15) is 100 Å². The van der Waals surface area contributed by atoms with Crippen LogP contribution in [0.4, 0.5) is 11.4 Å². The third kappa shape index (κ3) is 20.8. The quantitative estimate of drug-likeness (QED) is 0.0183. The number of nitrogens with zero attached hydrogens (tertiary/aromatic N) is 6. The van der Waals surface area contributed by atoms with Crippen LogP contribution in [0.3, 0.4) is 0 Å². The zero-order valence-electron chi connectivity index (χ0n) is 47.1. The van der Waals surface area contributed by atoms with Gasteiger partial charge in [-0.3, -0.25) is 39.4 Å². The van der Waals surface area contributed by atoms with Gasteiger partial charge in [-0.25, -0.2) is 9.59 Å². The molecule has 0 aliphatic rings. The Labute approximate surface area is 475 Å². The van der Waals surface area contributed by atoms with Gasteiger partial charge in [0.2, 0.25) is 0 Å². The first-order valence-corrected chi connectivity index (χ1v) is 28.2. The third-order valence-corrected chi connectivity index (χ3v) is 15.3.